The molecular formula is C17H27NO2. The molecule has 3 N–H and O–H groups in total. The molecule has 1 unspecified atom stereocenters. The highest BCUT2D eigenvalue weighted by molar-refractivity contribution is 5.44. The fourth-order valence-electron chi connectivity index (χ4n) is 3.45. The van der Waals surface area contributed by atoms with Gasteiger partial charge in [0.05, 0.1) is 5.56 Å². The quantitative estimate of drug-likeness (QED) is 0.759. The van der Waals surface area contributed by atoms with Gasteiger partial charge in [-0.3, -0.25) is 0 Å². The minimum absolute atomic E-state index is 0.0241. The molecule has 0 spiro atoms. The molecule has 0 aliphatic heterocycles. The van der Waals surface area contributed by atoms with E-state index in [9.17, 15) is 10.2 Å². The maximum atomic E-state index is 9.90. The molecule has 1 aliphatic rings. The third-order valence-electron chi connectivity index (χ3n) is 4.52. The average molecular weight is 277 g/mol. The molecule has 1 aromatic carbocycles. The fraction of sp³-hybridized carbons (Fsp3) is 0.647. The Balaban J connectivity index is 1.91. The summed E-state index contributed by atoms with van der Waals surface area (Å²) >= 11 is 0. The van der Waals surface area contributed by atoms with Crippen LogP contribution in [0.25, 0.3) is 0 Å². The summed E-state index contributed by atoms with van der Waals surface area (Å²) in [6.45, 7) is 4.26. The molecule has 2 rings (SSSR count). The predicted octanol–water partition coefficient (Wildman–Crippen LogP) is 4.11. The molecule has 112 valence electrons. The van der Waals surface area contributed by atoms with E-state index in [-0.39, 0.29) is 17.5 Å². The minimum atomic E-state index is -0.0241. The lowest BCUT2D eigenvalue weighted by atomic mass is 9.83. The lowest BCUT2D eigenvalue weighted by Crippen LogP contribution is -2.35. The molecule has 0 radical (unpaired) electrons. The van der Waals surface area contributed by atoms with E-state index in [4.69, 9.17) is 0 Å². The number of phenolic OH excluding ortho intramolecular Hbond substituents is 2. The van der Waals surface area contributed by atoms with Gasteiger partial charge >= 0.3 is 0 Å². The van der Waals surface area contributed by atoms with Gasteiger partial charge in [-0.2, -0.15) is 0 Å². The standard InChI is InChI=1S/C17H27NO2/c1-3-5-13-8-10-14(11-9-13)18-12(2)17-15(19)6-4-7-16(17)20/h4,6-7,12-14,18-20H,3,5,8-11H2,1-2H3. The monoisotopic (exact) mass is 277 g/mol. The average Bonchev–Trinajstić information content (AvgIpc) is 2.41. The summed E-state index contributed by atoms with van der Waals surface area (Å²) in [5.74, 6) is 1.24. The first kappa shape index (κ1) is 15.2. The summed E-state index contributed by atoms with van der Waals surface area (Å²) in [6, 6.07) is 5.40. The molecule has 0 saturated heterocycles. The van der Waals surface area contributed by atoms with Crippen molar-refractivity contribution >= 4 is 0 Å². The zero-order valence-electron chi connectivity index (χ0n) is 12.6. The van der Waals surface area contributed by atoms with E-state index in [0.717, 1.165) is 5.92 Å². The van der Waals surface area contributed by atoms with Crippen LogP contribution in [0, 0.1) is 5.92 Å². The molecule has 3 heteroatoms. The first-order valence-electron chi connectivity index (χ1n) is 7.88. The molecule has 20 heavy (non-hydrogen) atoms. The Morgan fingerprint density at radius 2 is 1.75 bits per heavy atom. The van der Waals surface area contributed by atoms with Crippen LogP contribution in [0.5, 0.6) is 11.5 Å². The van der Waals surface area contributed by atoms with Crippen molar-refractivity contribution in [3.8, 4) is 11.5 Å². The van der Waals surface area contributed by atoms with Crippen molar-refractivity contribution in [2.75, 3.05) is 0 Å². The number of nitrogens with one attached hydrogen (secondary N) is 1. The van der Waals surface area contributed by atoms with Gasteiger partial charge in [-0.25, -0.2) is 0 Å². The Hall–Kier alpha value is -1.22. The molecule has 1 atom stereocenters. The molecule has 3 nitrogen and oxygen atoms in total. The van der Waals surface area contributed by atoms with Crippen molar-refractivity contribution in [1.29, 1.82) is 0 Å². The van der Waals surface area contributed by atoms with Crippen LogP contribution < -0.4 is 5.32 Å². The number of phenols is 2. The summed E-state index contributed by atoms with van der Waals surface area (Å²) in [4.78, 5) is 0. The maximum Gasteiger partial charge on any atom is 0.124 e. The molecule has 0 bridgehead atoms. The van der Waals surface area contributed by atoms with E-state index < -0.39 is 0 Å². The second-order valence-electron chi connectivity index (χ2n) is 6.10. The Kier molecular flexibility index (Phi) is 5.30. The molecule has 0 aromatic heterocycles. The van der Waals surface area contributed by atoms with Crippen LogP contribution in [0.2, 0.25) is 0 Å². The van der Waals surface area contributed by atoms with E-state index in [2.05, 4.69) is 12.2 Å². The minimum Gasteiger partial charge on any atom is -0.507 e. The van der Waals surface area contributed by atoms with Gasteiger partial charge in [0.15, 0.2) is 0 Å². The van der Waals surface area contributed by atoms with Crippen molar-refractivity contribution in [1.82, 2.24) is 5.32 Å². The van der Waals surface area contributed by atoms with E-state index in [1.54, 1.807) is 18.2 Å². The normalized spacial score (nSPS) is 24.5. The third-order valence-corrected chi connectivity index (χ3v) is 4.52. The van der Waals surface area contributed by atoms with Crippen LogP contribution in [0.1, 0.15) is 64.0 Å². The maximum absolute atomic E-state index is 9.90. The van der Waals surface area contributed by atoms with Crippen LogP contribution in [0.15, 0.2) is 18.2 Å². The van der Waals surface area contributed by atoms with Crippen LogP contribution in [0.4, 0.5) is 0 Å². The number of hydrogen-bond acceptors (Lipinski definition) is 3. The SMILES string of the molecule is CCCC1CCC(NC(C)c2c(O)cccc2O)CC1. The highest BCUT2D eigenvalue weighted by Gasteiger charge is 2.23. The zero-order chi connectivity index (χ0) is 14.5. The highest BCUT2D eigenvalue weighted by atomic mass is 16.3. The van der Waals surface area contributed by atoms with Crippen molar-refractivity contribution in [3.63, 3.8) is 0 Å². The van der Waals surface area contributed by atoms with Gasteiger partial charge in [-0.1, -0.05) is 25.8 Å². The summed E-state index contributed by atoms with van der Waals surface area (Å²) in [7, 11) is 0. The van der Waals surface area contributed by atoms with Gasteiger partial charge in [0.2, 0.25) is 0 Å². The van der Waals surface area contributed by atoms with Gasteiger partial charge in [0.25, 0.3) is 0 Å². The van der Waals surface area contributed by atoms with Gasteiger partial charge in [0.1, 0.15) is 11.5 Å². The third kappa shape index (κ3) is 3.66. The predicted molar refractivity (Wildman–Crippen MR) is 82.0 cm³/mol. The molecule has 1 fully saturated rings. The van der Waals surface area contributed by atoms with Crippen LogP contribution in [-0.4, -0.2) is 16.3 Å². The van der Waals surface area contributed by atoms with Crippen molar-refractivity contribution in [2.45, 2.75) is 64.5 Å². The first-order chi connectivity index (χ1) is 9.61. The van der Waals surface area contributed by atoms with E-state index >= 15 is 0 Å². The van der Waals surface area contributed by atoms with Gasteiger partial charge < -0.3 is 15.5 Å². The second kappa shape index (κ2) is 6.98. The summed E-state index contributed by atoms with van der Waals surface area (Å²) in [5.41, 5.74) is 0.614. The first-order valence-corrected chi connectivity index (χ1v) is 7.88. The molecule has 1 aromatic rings. The molecule has 0 heterocycles. The Morgan fingerprint density at radius 3 is 2.30 bits per heavy atom. The molecular weight excluding hydrogens is 250 g/mol. The number of rotatable bonds is 5. The van der Waals surface area contributed by atoms with E-state index in [1.165, 1.54) is 38.5 Å². The fourth-order valence-corrected chi connectivity index (χ4v) is 3.45. The van der Waals surface area contributed by atoms with E-state index in [0.29, 0.717) is 11.6 Å². The largest absolute Gasteiger partial charge is 0.507 e. The molecule has 1 aliphatic carbocycles. The highest BCUT2D eigenvalue weighted by Crippen LogP contribution is 2.34. The number of benzene rings is 1. The summed E-state index contributed by atoms with van der Waals surface area (Å²) < 4.78 is 0. The summed E-state index contributed by atoms with van der Waals surface area (Å²) in [6.07, 6.45) is 7.62. The van der Waals surface area contributed by atoms with E-state index in [1.807, 2.05) is 6.92 Å². The van der Waals surface area contributed by atoms with Crippen LogP contribution >= 0.6 is 0 Å². The number of hydrogen-bond donors (Lipinski definition) is 3. The number of aromatic hydroxyl groups is 2. The molecule has 0 amide bonds. The van der Waals surface area contributed by atoms with Crippen molar-refractivity contribution in [3.05, 3.63) is 23.8 Å². The second-order valence-corrected chi connectivity index (χ2v) is 6.10. The zero-order valence-corrected chi connectivity index (χ0v) is 12.6. The van der Waals surface area contributed by atoms with Gasteiger partial charge in [-0.05, 0) is 50.7 Å². The Bertz CT molecular complexity index is 405. The van der Waals surface area contributed by atoms with Gasteiger partial charge in [-0.15, -0.1) is 0 Å². The van der Waals surface area contributed by atoms with Crippen LogP contribution in [0.3, 0.4) is 0 Å². The topological polar surface area (TPSA) is 52.5 Å². The Morgan fingerprint density at radius 1 is 1.15 bits per heavy atom. The lowest BCUT2D eigenvalue weighted by Gasteiger charge is -2.31. The smallest absolute Gasteiger partial charge is 0.124 e. The summed E-state index contributed by atoms with van der Waals surface area (Å²) in [5, 5.41) is 23.4. The lowest BCUT2D eigenvalue weighted by molar-refractivity contribution is 0.264. The van der Waals surface area contributed by atoms with Gasteiger partial charge in [0, 0.05) is 12.1 Å². The van der Waals surface area contributed by atoms with Crippen molar-refractivity contribution in [2.24, 2.45) is 5.92 Å². The Labute approximate surface area is 122 Å². The molecule has 1 saturated carbocycles. The van der Waals surface area contributed by atoms with Crippen molar-refractivity contribution < 1.29 is 10.2 Å². The van der Waals surface area contributed by atoms with Crippen LogP contribution in [-0.2, 0) is 0 Å².